The molecule has 1 saturated heterocycles. The van der Waals surface area contributed by atoms with Crippen LogP contribution in [0.3, 0.4) is 0 Å². The molecule has 1 aliphatic heterocycles. The molecule has 3 heterocycles. The number of ether oxygens (including phenoxy) is 1. The number of piperazine rings is 1. The topological polar surface area (TPSA) is 92.4 Å². The third kappa shape index (κ3) is 4.04. The third-order valence-electron chi connectivity index (χ3n) is 5.35. The second kappa shape index (κ2) is 8.27. The van der Waals surface area contributed by atoms with Crippen LogP contribution >= 0.6 is 11.3 Å². The molecule has 0 amide bonds. The molecule has 3 N–H and O–H groups in total. The SMILES string of the molecule is COc1ccc(N)cc1Nc1nc2cc(N3CCN(c4cnccn4)CC3)ccc2s1. The molecule has 1 aliphatic rings. The molecule has 4 aromatic rings. The van der Waals surface area contributed by atoms with Gasteiger partial charge in [-0.1, -0.05) is 11.3 Å². The number of nitrogens with zero attached hydrogens (tertiary/aromatic N) is 5. The van der Waals surface area contributed by atoms with Gasteiger partial charge in [-0.3, -0.25) is 4.98 Å². The lowest BCUT2D eigenvalue weighted by Gasteiger charge is -2.36. The van der Waals surface area contributed by atoms with Crippen LogP contribution in [0.15, 0.2) is 55.0 Å². The van der Waals surface area contributed by atoms with Crippen molar-refractivity contribution in [2.75, 3.05) is 54.1 Å². The summed E-state index contributed by atoms with van der Waals surface area (Å²) in [6.45, 7) is 3.68. The molecule has 2 aromatic carbocycles. The third-order valence-corrected chi connectivity index (χ3v) is 6.31. The van der Waals surface area contributed by atoms with Crippen LogP contribution in [0.1, 0.15) is 0 Å². The minimum Gasteiger partial charge on any atom is -0.495 e. The Kier molecular flexibility index (Phi) is 5.17. The number of rotatable bonds is 5. The van der Waals surface area contributed by atoms with E-state index in [2.05, 4.69) is 43.3 Å². The maximum atomic E-state index is 5.93. The molecule has 0 aliphatic carbocycles. The van der Waals surface area contributed by atoms with Crippen molar-refractivity contribution < 1.29 is 4.74 Å². The van der Waals surface area contributed by atoms with Crippen molar-refractivity contribution in [2.24, 2.45) is 0 Å². The van der Waals surface area contributed by atoms with Gasteiger partial charge in [-0.05, 0) is 36.4 Å². The lowest BCUT2D eigenvalue weighted by Crippen LogP contribution is -2.46. The van der Waals surface area contributed by atoms with Gasteiger partial charge in [0.05, 0.1) is 29.2 Å². The average molecular weight is 434 g/mol. The first kappa shape index (κ1) is 19.4. The highest BCUT2D eigenvalue weighted by atomic mass is 32.1. The number of hydrogen-bond donors (Lipinski definition) is 2. The molecule has 0 saturated carbocycles. The second-order valence-corrected chi connectivity index (χ2v) is 8.32. The second-order valence-electron chi connectivity index (χ2n) is 7.29. The number of fused-ring (bicyclic) bond motifs is 1. The maximum absolute atomic E-state index is 5.93. The van der Waals surface area contributed by atoms with Crippen molar-refractivity contribution in [1.82, 2.24) is 15.0 Å². The molecule has 8 nitrogen and oxygen atoms in total. The van der Waals surface area contributed by atoms with Crippen LogP contribution in [0.4, 0.5) is 28.0 Å². The molecule has 5 rings (SSSR count). The number of nitrogens with one attached hydrogen (secondary N) is 1. The zero-order chi connectivity index (χ0) is 21.2. The Morgan fingerprint density at radius 2 is 1.87 bits per heavy atom. The summed E-state index contributed by atoms with van der Waals surface area (Å²) in [6.07, 6.45) is 5.26. The minimum absolute atomic E-state index is 0.673. The number of hydrogen-bond acceptors (Lipinski definition) is 9. The van der Waals surface area contributed by atoms with Gasteiger partial charge in [0.2, 0.25) is 0 Å². The molecule has 0 radical (unpaired) electrons. The number of thiazole rings is 1. The first-order valence-electron chi connectivity index (χ1n) is 10.1. The molecule has 158 valence electrons. The predicted molar refractivity (Wildman–Crippen MR) is 127 cm³/mol. The van der Waals surface area contributed by atoms with E-state index in [1.807, 2.05) is 24.4 Å². The standard InChI is InChI=1S/C22H23N7OS/c1-30-19-4-2-15(23)12-17(19)26-22-27-18-13-16(3-5-20(18)31-22)28-8-10-29(11-9-28)21-14-24-6-7-25-21/h2-7,12-14H,8-11,23H2,1H3,(H,26,27). The van der Waals surface area contributed by atoms with Gasteiger partial charge in [-0.2, -0.15) is 0 Å². The molecular formula is C22H23N7OS. The molecule has 31 heavy (non-hydrogen) atoms. The molecule has 0 spiro atoms. The van der Waals surface area contributed by atoms with Gasteiger partial charge >= 0.3 is 0 Å². The van der Waals surface area contributed by atoms with Crippen molar-refractivity contribution >= 4 is 49.6 Å². The van der Waals surface area contributed by atoms with Crippen molar-refractivity contribution in [3.63, 3.8) is 0 Å². The summed E-state index contributed by atoms with van der Waals surface area (Å²) >= 11 is 1.61. The Balaban J connectivity index is 1.32. The normalized spacial score (nSPS) is 14.1. The van der Waals surface area contributed by atoms with Gasteiger partial charge in [0.25, 0.3) is 0 Å². The predicted octanol–water partition coefficient (Wildman–Crippen LogP) is 3.75. The van der Waals surface area contributed by atoms with Crippen molar-refractivity contribution in [1.29, 1.82) is 0 Å². The van der Waals surface area contributed by atoms with Gasteiger partial charge in [0.15, 0.2) is 5.13 Å². The van der Waals surface area contributed by atoms with Crippen LogP contribution < -0.4 is 25.6 Å². The summed E-state index contributed by atoms with van der Waals surface area (Å²) < 4.78 is 6.56. The fourth-order valence-electron chi connectivity index (χ4n) is 3.75. The lowest BCUT2D eigenvalue weighted by molar-refractivity contribution is 0.417. The van der Waals surface area contributed by atoms with E-state index in [-0.39, 0.29) is 0 Å². The largest absolute Gasteiger partial charge is 0.495 e. The Hall–Kier alpha value is -3.59. The van der Waals surface area contributed by atoms with Crippen LogP contribution in [0.2, 0.25) is 0 Å². The van der Waals surface area contributed by atoms with Crippen LogP contribution in [-0.4, -0.2) is 48.2 Å². The first-order valence-corrected chi connectivity index (χ1v) is 10.9. The van der Waals surface area contributed by atoms with E-state index >= 15 is 0 Å². The molecule has 0 atom stereocenters. The van der Waals surface area contributed by atoms with Gasteiger partial charge in [0.1, 0.15) is 11.6 Å². The van der Waals surface area contributed by atoms with Gasteiger partial charge in [0, 0.05) is 49.9 Å². The number of methoxy groups -OCH3 is 1. The van der Waals surface area contributed by atoms with Gasteiger partial charge in [-0.25, -0.2) is 9.97 Å². The van der Waals surface area contributed by atoms with Crippen LogP contribution in [0.5, 0.6) is 5.75 Å². The van der Waals surface area contributed by atoms with Gasteiger partial charge < -0.3 is 25.6 Å². The fraction of sp³-hybridized carbons (Fsp3) is 0.227. The van der Waals surface area contributed by atoms with Crippen LogP contribution in [0.25, 0.3) is 10.2 Å². The highest BCUT2D eigenvalue weighted by Gasteiger charge is 2.19. The van der Waals surface area contributed by atoms with E-state index in [1.165, 1.54) is 5.69 Å². The Labute approximate surface area is 184 Å². The zero-order valence-corrected chi connectivity index (χ0v) is 18.0. The van der Waals surface area contributed by atoms with E-state index in [0.717, 1.165) is 58.8 Å². The molecular weight excluding hydrogens is 410 g/mol. The summed E-state index contributed by atoms with van der Waals surface area (Å²) in [6, 6.07) is 12.0. The Morgan fingerprint density at radius 1 is 1.03 bits per heavy atom. The molecule has 2 aromatic heterocycles. The highest BCUT2D eigenvalue weighted by Crippen LogP contribution is 2.35. The fourth-order valence-corrected chi connectivity index (χ4v) is 4.61. The smallest absolute Gasteiger partial charge is 0.188 e. The van der Waals surface area contributed by atoms with E-state index in [1.54, 1.807) is 30.8 Å². The molecule has 9 heteroatoms. The highest BCUT2D eigenvalue weighted by molar-refractivity contribution is 7.22. The Morgan fingerprint density at radius 3 is 2.65 bits per heavy atom. The van der Waals surface area contributed by atoms with Crippen molar-refractivity contribution in [3.05, 3.63) is 55.0 Å². The summed E-state index contributed by atoms with van der Waals surface area (Å²) in [5.74, 6) is 1.67. The van der Waals surface area contributed by atoms with E-state index in [0.29, 0.717) is 5.69 Å². The van der Waals surface area contributed by atoms with Crippen LogP contribution in [-0.2, 0) is 0 Å². The monoisotopic (exact) mass is 433 g/mol. The number of aromatic nitrogens is 3. The number of nitrogens with two attached hydrogens (primary N) is 1. The summed E-state index contributed by atoms with van der Waals surface area (Å²) in [7, 11) is 1.64. The van der Waals surface area contributed by atoms with E-state index in [9.17, 15) is 0 Å². The molecule has 0 bridgehead atoms. The summed E-state index contributed by atoms with van der Waals surface area (Å²) in [5, 5.41) is 4.15. The van der Waals surface area contributed by atoms with Crippen LogP contribution in [0, 0.1) is 0 Å². The van der Waals surface area contributed by atoms with E-state index in [4.69, 9.17) is 15.5 Å². The summed E-state index contributed by atoms with van der Waals surface area (Å²) in [4.78, 5) is 18.0. The zero-order valence-electron chi connectivity index (χ0n) is 17.2. The maximum Gasteiger partial charge on any atom is 0.188 e. The first-order chi connectivity index (χ1) is 15.2. The minimum atomic E-state index is 0.673. The average Bonchev–Trinajstić information content (AvgIpc) is 3.21. The lowest BCUT2D eigenvalue weighted by atomic mass is 10.2. The molecule has 0 unspecified atom stereocenters. The number of anilines is 5. The van der Waals surface area contributed by atoms with Crippen molar-refractivity contribution in [2.45, 2.75) is 0 Å². The van der Waals surface area contributed by atoms with E-state index < -0.39 is 0 Å². The Bertz CT molecular complexity index is 1190. The number of nitrogen functional groups attached to an aromatic ring is 1. The quantitative estimate of drug-likeness (QED) is 0.460. The van der Waals surface area contributed by atoms with Gasteiger partial charge in [-0.15, -0.1) is 0 Å². The molecule has 1 fully saturated rings. The number of benzene rings is 2. The van der Waals surface area contributed by atoms with Crippen molar-refractivity contribution in [3.8, 4) is 5.75 Å². The summed E-state index contributed by atoms with van der Waals surface area (Å²) in [5.41, 5.74) is 9.57.